The lowest BCUT2D eigenvalue weighted by atomic mass is 9.68. The van der Waals surface area contributed by atoms with E-state index in [1.807, 2.05) is 26.0 Å². The molecule has 0 aromatic heterocycles. The highest BCUT2D eigenvalue weighted by atomic mass is 19.1. The van der Waals surface area contributed by atoms with Gasteiger partial charge < -0.3 is 14.4 Å². The molecule has 32 heavy (non-hydrogen) atoms. The lowest BCUT2D eigenvalue weighted by molar-refractivity contribution is -0.150. The number of benzene rings is 2. The van der Waals surface area contributed by atoms with Gasteiger partial charge in [-0.1, -0.05) is 26.0 Å². The highest BCUT2D eigenvalue weighted by Crippen LogP contribution is 2.38. The van der Waals surface area contributed by atoms with E-state index in [1.165, 1.54) is 24.9 Å². The average molecular weight is 443 g/mol. The number of hydrogen-bond acceptors (Lipinski definition) is 5. The van der Waals surface area contributed by atoms with Crippen molar-refractivity contribution < 1.29 is 18.7 Å². The van der Waals surface area contributed by atoms with Gasteiger partial charge in [0.1, 0.15) is 11.6 Å². The van der Waals surface area contributed by atoms with Gasteiger partial charge in [0.15, 0.2) is 0 Å². The van der Waals surface area contributed by atoms with Crippen LogP contribution in [0.4, 0.5) is 10.1 Å². The first-order valence-corrected chi connectivity index (χ1v) is 11.4. The first-order valence-electron chi connectivity index (χ1n) is 11.4. The van der Waals surface area contributed by atoms with Gasteiger partial charge in [0.05, 0.1) is 19.6 Å². The van der Waals surface area contributed by atoms with E-state index >= 15 is 0 Å². The standard InChI is InChI=1S/C26H35FN2O3/c1-20(2)26(25(30)32-4,21-6-8-22(27)9-7-21)14-5-15-28-16-18-29(19-17-28)23-10-12-24(31-3)13-11-23/h6-13,20H,5,14-19H2,1-4H3. The molecule has 6 heteroatoms. The number of halogens is 1. The molecule has 0 saturated carbocycles. The van der Waals surface area contributed by atoms with Gasteiger partial charge in [0, 0.05) is 31.9 Å². The highest BCUT2D eigenvalue weighted by Gasteiger charge is 2.44. The summed E-state index contributed by atoms with van der Waals surface area (Å²) in [4.78, 5) is 17.8. The van der Waals surface area contributed by atoms with Gasteiger partial charge >= 0.3 is 5.97 Å². The number of ether oxygens (including phenoxy) is 2. The monoisotopic (exact) mass is 442 g/mol. The minimum Gasteiger partial charge on any atom is -0.497 e. The van der Waals surface area contributed by atoms with Crippen molar-refractivity contribution in [1.29, 1.82) is 0 Å². The molecule has 1 atom stereocenters. The van der Waals surface area contributed by atoms with Crippen molar-refractivity contribution in [3.05, 3.63) is 59.9 Å². The third-order valence-electron chi connectivity index (χ3n) is 6.75. The van der Waals surface area contributed by atoms with E-state index < -0.39 is 5.41 Å². The minimum absolute atomic E-state index is 0.0346. The van der Waals surface area contributed by atoms with Crippen LogP contribution in [0.3, 0.4) is 0 Å². The van der Waals surface area contributed by atoms with E-state index in [-0.39, 0.29) is 17.7 Å². The molecular weight excluding hydrogens is 407 g/mol. The van der Waals surface area contributed by atoms with Crippen molar-refractivity contribution in [2.75, 3.05) is 51.8 Å². The van der Waals surface area contributed by atoms with Gasteiger partial charge in [0.25, 0.3) is 0 Å². The molecule has 0 amide bonds. The Balaban J connectivity index is 1.60. The SMILES string of the molecule is COC(=O)C(CCCN1CCN(c2ccc(OC)cc2)CC1)(c1ccc(F)cc1)C(C)C. The molecule has 5 nitrogen and oxygen atoms in total. The van der Waals surface area contributed by atoms with E-state index in [0.29, 0.717) is 6.42 Å². The molecule has 0 bridgehead atoms. The second-order valence-electron chi connectivity index (χ2n) is 8.75. The van der Waals surface area contributed by atoms with Gasteiger partial charge in [-0.2, -0.15) is 0 Å². The van der Waals surface area contributed by atoms with E-state index in [0.717, 1.165) is 50.5 Å². The Bertz CT molecular complexity index is 862. The Morgan fingerprint density at radius 3 is 2.16 bits per heavy atom. The molecule has 1 saturated heterocycles. The van der Waals surface area contributed by atoms with E-state index in [2.05, 4.69) is 21.9 Å². The lowest BCUT2D eigenvalue weighted by Crippen LogP contribution is -2.47. The summed E-state index contributed by atoms with van der Waals surface area (Å²) in [6.45, 7) is 8.89. The van der Waals surface area contributed by atoms with Crippen LogP contribution in [0.5, 0.6) is 5.75 Å². The maximum atomic E-state index is 13.5. The molecule has 2 aromatic rings. The molecule has 1 aliphatic heterocycles. The quantitative estimate of drug-likeness (QED) is 0.535. The Hall–Kier alpha value is -2.60. The molecule has 0 spiro atoms. The van der Waals surface area contributed by atoms with Crippen LogP contribution in [0.25, 0.3) is 0 Å². The van der Waals surface area contributed by atoms with Crippen LogP contribution in [-0.4, -0.2) is 57.8 Å². The molecule has 1 unspecified atom stereocenters. The summed E-state index contributed by atoms with van der Waals surface area (Å²) in [5.74, 6) is 0.356. The summed E-state index contributed by atoms with van der Waals surface area (Å²) in [5.41, 5.74) is 1.27. The summed E-state index contributed by atoms with van der Waals surface area (Å²) in [6.07, 6.45) is 1.54. The zero-order valence-electron chi connectivity index (χ0n) is 19.6. The first kappa shape index (κ1) is 24.1. The fourth-order valence-electron chi connectivity index (χ4n) is 4.76. The summed E-state index contributed by atoms with van der Waals surface area (Å²) in [7, 11) is 3.11. The molecule has 2 aromatic carbocycles. The predicted molar refractivity (Wildman–Crippen MR) is 126 cm³/mol. The molecular formula is C26H35FN2O3. The number of methoxy groups -OCH3 is 2. The van der Waals surface area contributed by atoms with E-state index in [4.69, 9.17) is 9.47 Å². The van der Waals surface area contributed by atoms with Crippen molar-refractivity contribution in [3.8, 4) is 5.75 Å². The molecule has 1 fully saturated rings. The van der Waals surface area contributed by atoms with Crippen molar-refractivity contribution in [2.24, 2.45) is 5.92 Å². The van der Waals surface area contributed by atoms with Crippen LogP contribution in [0, 0.1) is 11.7 Å². The molecule has 1 heterocycles. The summed E-state index contributed by atoms with van der Waals surface area (Å²) in [6, 6.07) is 14.5. The van der Waals surface area contributed by atoms with Crippen LogP contribution in [0.15, 0.2) is 48.5 Å². The summed E-state index contributed by atoms with van der Waals surface area (Å²) in [5, 5.41) is 0. The Kier molecular flexibility index (Phi) is 8.13. The van der Waals surface area contributed by atoms with Crippen LogP contribution in [0.1, 0.15) is 32.3 Å². The predicted octanol–water partition coefficient (Wildman–Crippen LogP) is 4.50. The number of nitrogens with zero attached hydrogens (tertiary/aromatic N) is 2. The molecule has 1 aliphatic rings. The number of hydrogen-bond donors (Lipinski definition) is 0. The molecule has 0 aliphatic carbocycles. The number of anilines is 1. The summed E-state index contributed by atoms with van der Waals surface area (Å²) >= 11 is 0. The van der Waals surface area contributed by atoms with Crippen LogP contribution in [-0.2, 0) is 14.9 Å². The Morgan fingerprint density at radius 1 is 1.00 bits per heavy atom. The first-order chi connectivity index (χ1) is 15.4. The number of carbonyl (C=O) groups excluding carboxylic acids is 1. The van der Waals surface area contributed by atoms with Gasteiger partial charge in [-0.3, -0.25) is 9.69 Å². The van der Waals surface area contributed by atoms with E-state index in [1.54, 1.807) is 19.2 Å². The van der Waals surface area contributed by atoms with Crippen molar-refractivity contribution in [3.63, 3.8) is 0 Å². The number of carbonyl (C=O) groups is 1. The lowest BCUT2D eigenvalue weighted by Gasteiger charge is -2.38. The maximum absolute atomic E-state index is 13.5. The minimum atomic E-state index is -0.770. The normalized spacial score (nSPS) is 16.6. The van der Waals surface area contributed by atoms with Gasteiger partial charge in [-0.25, -0.2) is 4.39 Å². The fourth-order valence-corrected chi connectivity index (χ4v) is 4.76. The second kappa shape index (κ2) is 10.8. The van der Waals surface area contributed by atoms with Gasteiger partial charge in [0.2, 0.25) is 0 Å². The zero-order valence-corrected chi connectivity index (χ0v) is 19.6. The average Bonchev–Trinajstić information content (AvgIpc) is 2.82. The smallest absolute Gasteiger partial charge is 0.316 e. The van der Waals surface area contributed by atoms with Crippen molar-refractivity contribution in [1.82, 2.24) is 4.90 Å². The van der Waals surface area contributed by atoms with Gasteiger partial charge in [-0.15, -0.1) is 0 Å². The fraction of sp³-hybridized carbons (Fsp3) is 0.500. The summed E-state index contributed by atoms with van der Waals surface area (Å²) < 4.78 is 24.0. The van der Waals surface area contributed by atoms with Crippen LogP contribution >= 0.6 is 0 Å². The van der Waals surface area contributed by atoms with Crippen LogP contribution in [0.2, 0.25) is 0 Å². The molecule has 0 radical (unpaired) electrons. The zero-order chi connectivity index (χ0) is 23.1. The van der Waals surface area contributed by atoms with E-state index in [9.17, 15) is 9.18 Å². The second-order valence-corrected chi connectivity index (χ2v) is 8.75. The topological polar surface area (TPSA) is 42.0 Å². The Labute approximate surface area is 191 Å². The molecule has 174 valence electrons. The third kappa shape index (κ3) is 5.23. The largest absolute Gasteiger partial charge is 0.497 e. The number of piperazine rings is 1. The van der Waals surface area contributed by atoms with Gasteiger partial charge in [-0.05, 0) is 67.3 Å². The molecule has 3 rings (SSSR count). The Morgan fingerprint density at radius 2 is 1.62 bits per heavy atom. The van der Waals surface area contributed by atoms with Crippen LogP contribution < -0.4 is 9.64 Å². The third-order valence-corrected chi connectivity index (χ3v) is 6.75. The van der Waals surface area contributed by atoms with Crippen molar-refractivity contribution in [2.45, 2.75) is 32.1 Å². The maximum Gasteiger partial charge on any atom is 0.316 e. The number of rotatable bonds is 9. The molecule has 0 N–H and O–H groups in total. The highest BCUT2D eigenvalue weighted by molar-refractivity contribution is 5.83. The number of esters is 1. The van der Waals surface area contributed by atoms with Crippen molar-refractivity contribution >= 4 is 11.7 Å².